The van der Waals surface area contributed by atoms with E-state index in [1.807, 2.05) is 23.1 Å². The predicted molar refractivity (Wildman–Crippen MR) is 63.5 cm³/mol. The molecule has 0 amide bonds. The quantitative estimate of drug-likeness (QED) is 0.815. The van der Waals surface area contributed by atoms with Crippen molar-refractivity contribution in [3.63, 3.8) is 0 Å². The maximum atomic E-state index is 5.75. The maximum absolute atomic E-state index is 5.75. The third-order valence-electron chi connectivity index (χ3n) is 2.05. The van der Waals surface area contributed by atoms with Crippen molar-refractivity contribution in [3.8, 4) is 0 Å². The molecule has 1 nitrogen and oxygen atoms in total. The largest absolute Gasteiger partial charge is 0.329 e. The van der Waals surface area contributed by atoms with Crippen molar-refractivity contribution >= 4 is 23.1 Å². The van der Waals surface area contributed by atoms with Crippen LogP contribution in [-0.2, 0) is 0 Å². The fraction of sp³-hybridized carbons (Fsp3) is 0.600. The van der Waals surface area contributed by atoms with E-state index in [1.165, 1.54) is 11.3 Å². The van der Waals surface area contributed by atoms with E-state index >= 15 is 0 Å². The molecular formula is C10H17NS2. The molecule has 3 heteroatoms. The Morgan fingerprint density at radius 3 is 2.85 bits per heavy atom. The molecule has 1 aromatic rings. The number of hydrogen-bond donors (Lipinski definition) is 1. The van der Waals surface area contributed by atoms with Gasteiger partial charge < -0.3 is 5.73 Å². The lowest BCUT2D eigenvalue weighted by molar-refractivity contribution is 0.880. The molecule has 13 heavy (non-hydrogen) atoms. The number of hydrogen-bond acceptors (Lipinski definition) is 3. The summed E-state index contributed by atoms with van der Waals surface area (Å²) in [4.78, 5) is 1.41. The van der Waals surface area contributed by atoms with E-state index in [1.54, 1.807) is 0 Å². The Morgan fingerprint density at radius 1 is 1.62 bits per heavy atom. The molecule has 0 aliphatic carbocycles. The first-order chi connectivity index (χ1) is 6.27. The number of thiophene rings is 1. The summed E-state index contributed by atoms with van der Waals surface area (Å²) in [6, 6.07) is 4.28. The Morgan fingerprint density at radius 2 is 2.38 bits per heavy atom. The Labute approximate surface area is 88.7 Å². The van der Waals surface area contributed by atoms with Gasteiger partial charge >= 0.3 is 0 Å². The van der Waals surface area contributed by atoms with E-state index in [4.69, 9.17) is 5.73 Å². The van der Waals surface area contributed by atoms with E-state index in [0.29, 0.717) is 10.5 Å². The summed E-state index contributed by atoms with van der Waals surface area (Å²) in [5.74, 6) is 0. The van der Waals surface area contributed by atoms with Gasteiger partial charge in [0.15, 0.2) is 0 Å². The summed E-state index contributed by atoms with van der Waals surface area (Å²) in [6.07, 6.45) is 1.21. The van der Waals surface area contributed by atoms with Gasteiger partial charge in [0.05, 0.1) is 5.25 Å². The molecule has 1 heterocycles. The fourth-order valence-corrected chi connectivity index (χ4v) is 3.22. The summed E-state index contributed by atoms with van der Waals surface area (Å²) in [5, 5.41) is 3.32. The highest BCUT2D eigenvalue weighted by Crippen LogP contribution is 2.34. The molecule has 0 bridgehead atoms. The average molecular weight is 215 g/mol. The zero-order valence-corrected chi connectivity index (χ0v) is 9.83. The SMILES string of the molecule is CCC(C)SC(CN)c1cccs1. The van der Waals surface area contributed by atoms with Crippen LogP contribution in [0.15, 0.2) is 17.5 Å². The second kappa shape index (κ2) is 5.68. The Hall–Kier alpha value is 0.01000. The molecule has 2 atom stereocenters. The smallest absolute Gasteiger partial charge is 0.0516 e. The first-order valence-corrected chi connectivity index (χ1v) is 6.49. The van der Waals surface area contributed by atoms with Crippen molar-refractivity contribution in [2.45, 2.75) is 30.8 Å². The molecule has 2 N–H and O–H groups in total. The van der Waals surface area contributed by atoms with Gasteiger partial charge in [-0.1, -0.05) is 19.9 Å². The van der Waals surface area contributed by atoms with Crippen LogP contribution in [0.2, 0.25) is 0 Å². The van der Waals surface area contributed by atoms with E-state index in [2.05, 4.69) is 31.4 Å². The normalized spacial score (nSPS) is 15.6. The minimum Gasteiger partial charge on any atom is -0.329 e. The van der Waals surface area contributed by atoms with Crippen molar-refractivity contribution in [1.82, 2.24) is 0 Å². The van der Waals surface area contributed by atoms with Gasteiger partial charge in [-0.2, -0.15) is 0 Å². The first-order valence-electron chi connectivity index (χ1n) is 4.66. The van der Waals surface area contributed by atoms with E-state index in [-0.39, 0.29) is 0 Å². The lowest BCUT2D eigenvalue weighted by Crippen LogP contribution is -2.11. The fourth-order valence-electron chi connectivity index (χ4n) is 1.09. The zero-order valence-electron chi connectivity index (χ0n) is 8.19. The number of rotatable bonds is 5. The molecule has 0 aliphatic heterocycles. The molecule has 0 fully saturated rings. The van der Waals surface area contributed by atoms with Crippen molar-refractivity contribution in [3.05, 3.63) is 22.4 Å². The third kappa shape index (κ3) is 3.33. The van der Waals surface area contributed by atoms with Crippen LogP contribution in [0.25, 0.3) is 0 Å². The van der Waals surface area contributed by atoms with Crippen molar-refractivity contribution in [1.29, 1.82) is 0 Å². The molecule has 0 saturated heterocycles. The van der Waals surface area contributed by atoms with Crippen molar-refractivity contribution < 1.29 is 0 Å². The Balaban J connectivity index is 2.53. The minimum absolute atomic E-state index is 0.495. The second-order valence-electron chi connectivity index (χ2n) is 3.09. The third-order valence-corrected chi connectivity index (χ3v) is 4.75. The summed E-state index contributed by atoms with van der Waals surface area (Å²) in [7, 11) is 0. The summed E-state index contributed by atoms with van der Waals surface area (Å²) in [5.41, 5.74) is 5.75. The van der Waals surface area contributed by atoms with Crippen LogP contribution in [0.3, 0.4) is 0 Å². The summed E-state index contributed by atoms with van der Waals surface area (Å²) >= 11 is 3.80. The van der Waals surface area contributed by atoms with Gasteiger partial charge in [0.2, 0.25) is 0 Å². The molecule has 0 saturated carbocycles. The van der Waals surface area contributed by atoms with Gasteiger partial charge in [-0.25, -0.2) is 0 Å². The lowest BCUT2D eigenvalue weighted by atomic mass is 10.3. The average Bonchev–Trinajstić information content (AvgIpc) is 2.66. The van der Waals surface area contributed by atoms with Gasteiger partial charge in [-0.3, -0.25) is 0 Å². The van der Waals surface area contributed by atoms with Crippen LogP contribution in [0.1, 0.15) is 30.4 Å². The van der Waals surface area contributed by atoms with Gasteiger partial charge in [0, 0.05) is 16.7 Å². The first kappa shape index (κ1) is 11.1. The molecule has 1 aromatic heterocycles. The molecular weight excluding hydrogens is 198 g/mol. The van der Waals surface area contributed by atoms with Gasteiger partial charge in [0.1, 0.15) is 0 Å². The van der Waals surface area contributed by atoms with Crippen molar-refractivity contribution in [2.75, 3.05) is 6.54 Å². The Kier molecular flexibility index (Phi) is 4.84. The van der Waals surface area contributed by atoms with Crippen LogP contribution in [-0.4, -0.2) is 11.8 Å². The highest BCUT2D eigenvalue weighted by molar-refractivity contribution is 8.00. The molecule has 0 spiro atoms. The predicted octanol–water partition coefficient (Wildman–Crippen LogP) is 3.28. The van der Waals surface area contributed by atoms with E-state index < -0.39 is 0 Å². The molecule has 0 aliphatic rings. The highest BCUT2D eigenvalue weighted by Gasteiger charge is 2.13. The topological polar surface area (TPSA) is 26.0 Å². The zero-order chi connectivity index (χ0) is 9.68. The summed E-state index contributed by atoms with van der Waals surface area (Å²) in [6.45, 7) is 5.23. The van der Waals surface area contributed by atoms with Crippen molar-refractivity contribution in [2.24, 2.45) is 5.73 Å². The number of thioether (sulfide) groups is 1. The lowest BCUT2D eigenvalue weighted by Gasteiger charge is -2.16. The molecule has 74 valence electrons. The minimum atomic E-state index is 0.495. The van der Waals surface area contributed by atoms with Crippen LogP contribution in [0.5, 0.6) is 0 Å². The molecule has 0 radical (unpaired) electrons. The highest BCUT2D eigenvalue weighted by atomic mass is 32.2. The molecule has 1 rings (SSSR count). The van der Waals surface area contributed by atoms with E-state index in [0.717, 1.165) is 6.54 Å². The van der Waals surface area contributed by atoms with E-state index in [9.17, 15) is 0 Å². The van der Waals surface area contributed by atoms with Crippen LogP contribution >= 0.6 is 23.1 Å². The molecule has 2 unspecified atom stereocenters. The second-order valence-corrected chi connectivity index (χ2v) is 5.72. The maximum Gasteiger partial charge on any atom is 0.0516 e. The van der Waals surface area contributed by atoms with Gasteiger partial charge in [-0.05, 0) is 17.9 Å². The van der Waals surface area contributed by atoms with Gasteiger partial charge in [0.25, 0.3) is 0 Å². The number of nitrogens with two attached hydrogens (primary N) is 1. The monoisotopic (exact) mass is 215 g/mol. The Bertz CT molecular complexity index is 221. The van der Waals surface area contributed by atoms with Crippen LogP contribution < -0.4 is 5.73 Å². The van der Waals surface area contributed by atoms with Crippen LogP contribution in [0, 0.1) is 0 Å². The standard InChI is InChI=1S/C10H17NS2/c1-3-8(2)13-10(7-11)9-5-4-6-12-9/h4-6,8,10H,3,7,11H2,1-2H3. The molecule has 0 aromatic carbocycles. The van der Waals surface area contributed by atoms with Crippen LogP contribution in [0.4, 0.5) is 0 Å². The summed E-state index contributed by atoms with van der Waals surface area (Å²) < 4.78 is 0. The van der Waals surface area contributed by atoms with Gasteiger partial charge in [-0.15, -0.1) is 23.1 Å².